The molecule has 0 radical (unpaired) electrons. The van der Waals surface area contributed by atoms with Gasteiger partial charge in [0.25, 0.3) is 0 Å². The smallest absolute Gasteiger partial charge is 0.115 e. The summed E-state index contributed by atoms with van der Waals surface area (Å²) in [5, 5.41) is 10.2. The molecule has 0 aliphatic heterocycles. The van der Waals surface area contributed by atoms with Crippen LogP contribution in [-0.4, -0.2) is 11.0 Å². The molecule has 19 heavy (non-hydrogen) atoms. The Kier molecular flexibility index (Phi) is 5.12. The van der Waals surface area contributed by atoms with E-state index in [1.807, 2.05) is 36.4 Å². The summed E-state index contributed by atoms with van der Waals surface area (Å²) in [5.74, 6) is 1.25. The van der Waals surface area contributed by atoms with Gasteiger partial charge in [-0.25, -0.2) is 0 Å². The van der Waals surface area contributed by atoms with Gasteiger partial charge in [0, 0.05) is 10.9 Å². The molecule has 0 saturated heterocycles. The predicted molar refractivity (Wildman–Crippen MR) is 81.2 cm³/mol. The van der Waals surface area contributed by atoms with Crippen LogP contribution in [0.4, 0.5) is 0 Å². The maximum Gasteiger partial charge on any atom is 0.115 e. The summed E-state index contributed by atoms with van der Waals surface area (Å²) in [7, 11) is 0. The van der Waals surface area contributed by atoms with Crippen molar-refractivity contribution in [2.45, 2.75) is 12.8 Å². The molecule has 0 aromatic heterocycles. The molecule has 2 aromatic rings. The van der Waals surface area contributed by atoms with E-state index >= 15 is 0 Å². The maximum absolute atomic E-state index is 9.47. The molecule has 0 amide bonds. The van der Waals surface area contributed by atoms with E-state index < -0.39 is 0 Å². The topological polar surface area (TPSA) is 20.2 Å². The van der Waals surface area contributed by atoms with E-state index in [2.05, 4.69) is 0 Å². The minimum atomic E-state index is 0.303. The van der Waals surface area contributed by atoms with Gasteiger partial charge in [0.2, 0.25) is 0 Å². The number of alkyl halides is 1. The van der Waals surface area contributed by atoms with Gasteiger partial charge < -0.3 is 5.11 Å². The van der Waals surface area contributed by atoms with Crippen molar-refractivity contribution in [2.75, 3.05) is 5.88 Å². The molecule has 2 aromatic carbocycles. The summed E-state index contributed by atoms with van der Waals surface area (Å²) < 4.78 is 0. The first kappa shape index (κ1) is 14.2. The lowest BCUT2D eigenvalue weighted by Crippen LogP contribution is -2.10. The van der Waals surface area contributed by atoms with Crippen LogP contribution in [-0.2, 0) is 12.8 Å². The maximum atomic E-state index is 9.47. The Hall–Kier alpha value is -1.18. The highest BCUT2D eigenvalue weighted by molar-refractivity contribution is 6.30. The summed E-state index contributed by atoms with van der Waals surface area (Å²) >= 11 is 11.9. The number of benzene rings is 2. The van der Waals surface area contributed by atoms with E-state index in [9.17, 15) is 5.11 Å². The van der Waals surface area contributed by atoms with Crippen molar-refractivity contribution in [2.24, 2.45) is 5.92 Å². The van der Waals surface area contributed by atoms with Crippen LogP contribution in [0.15, 0.2) is 48.5 Å². The minimum absolute atomic E-state index is 0.303. The standard InChI is InChI=1S/C16H16Cl2O/c17-11-14(8-12-4-6-15(18)7-5-12)9-13-2-1-3-16(19)10-13/h1-7,10,14,19H,8-9,11H2. The summed E-state index contributed by atoms with van der Waals surface area (Å²) in [4.78, 5) is 0. The Balaban J connectivity index is 2.02. The summed E-state index contributed by atoms with van der Waals surface area (Å²) in [6.07, 6.45) is 1.77. The van der Waals surface area contributed by atoms with Gasteiger partial charge in [-0.2, -0.15) is 0 Å². The lowest BCUT2D eigenvalue weighted by Gasteiger charge is -2.14. The highest BCUT2D eigenvalue weighted by Gasteiger charge is 2.10. The fourth-order valence-corrected chi connectivity index (χ4v) is 2.50. The van der Waals surface area contributed by atoms with Gasteiger partial charge in [0.05, 0.1) is 0 Å². The number of phenols is 1. The predicted octanol–water partition coefficient (Wildman–Crippen LogP) is 4.69. The molecular formula is C16H16Cl2O. The van der Waals surface area contributed by atoms with Gasteiger partial charge in [0.15, 0.2) is 0 Å². The molecule has 0 heterocycles. The largest absolute Gasteiger partial charge is 0.508 e. The Morgan fingerprint density at radius 1 is 0.947 bits per heavy atom. The van der Waals surface area contributed by atoms with E-state index in [0.29, 0.717) is 17.5 Å². The Bertz CT molecular complexity index is 523. The average molecular weight is 295 g/mol. The minimum Gasteiger partial charge on any atom is -0.508 e. The zero-order valence-corrected chi connectivity index (χ0v) is 12.0. The Labute approximate surface area is 123 Å². The lowest BCUT2D eigenvalue weighted by molar-refractivity contribution is 0.473. The van der Waals surface area contributed by atoms with Gasteiger partial charge in [-0.15, -0.1) is 11.6 Å². The van der Waals surface area contributed by atoms with Crippen LogP contribution in [0.1, 0.15) is 11.1 Å². The van der Waals surface area contributed by atoms with Gasteiger partial charge in [-0.1, -0.05) is 35.9 Å². The number of phenolic OH excluding ortho intramolecular Hbond substituents is 1. The van der Waals surface area contributed by atoms with E-state index in [0.717, 1.165) is 23.4 Å². The van der Waals surface area contributed by atoms with Gasteiger partial charge in [-0.3, -0.25) is 0 Å². The summed E-state index contributed by atoms with van der Waals surface area (Å²) in [5.41, 5.74) is 2.34. The first-order chi connectivity index (χ1) is 9.17. The highest BCUT2D eigenvalue weighted by Crippen LogP contribution is 2.20. The van der Waals surface area contributed by atoms with E-state index in [4.69, 9.17) is 23.2 Å². The van der Waals surface area contributed by atoms with Gasteiger partial charge in [0.1, 0.15) is 5.75 Å². The second-order valence-electron chi connectivity index (χ2n) is 4.72. The van der Waals surface area contributed by atoms with Crippen LogP contribution >= 0.6 is 23.2 Å². The molecule has 1 N–H and O–H groups in total. The Morgan fingerprint density at radius 2 is 1.63 bits per heavy atom. The number of hydrogen-bond acceptors (Lipinski definition) is 1. The first-order valence-corrected chi connectivity index (χ1v) is 7.17. The van der Waals surface area contributed by atoms with Crippen molar-refractivity contribution >= 4 is 23.2 Å². The van der Waals surface area contributed by atoms with Crippen LogP contribution in [0, 0.1) is 5.92 Å². The second-order valence-corrected chi connectivity index (χ2v) is 5.47. The fourth-order valence-electron chi connectivity index (χ4n) is 2.15. The SMILES string of the molecule is Oc1cccc(CC(CCl)Cc2ccc(Cl)cc2)c1. The molecule has 0 saturated carbocycles. The third-order valence-corrected chi connectivity index (χ3v) is 3.78. The van der Waals surface area contributed by atoms with Crippen molar-refractivity contribution in [3.05, 3.63) is 64.7 Å². The molecule has 0 spiro atoms. The fraction of sp³-hybridized carbons (Fsp3) is 0.250. The van der Waals surface area contributed by atoms with Crippen molar-refractivity contribution in [3.8, 4) is 5.75 Å². The second kappa shape index (κ2) is 6.83. The molecule has 0 bridgehead atoms. The number of rotatable bonds is 5. The summed E-state index contributed by atoms with van der Waals surface area (Å²) in [6, 6.07) is 15.2. The van der Waals surface area contributed by atoms with Gasteiger partial charge >= 0.3 is 0 Å². The third kappa shape index (κ3) is 4.45. The monoisotopic (exact) mass is 294 g/mol. The highest BCUT2D eigenvalue weighted by atomic mass is 35.5. The zero-order chi connectivity index (χ0) is 13.7. The molecule has 0 aliphatic rings. The third-order valence-electron chi connectivity index (χ3n) is 3.09. The van der Waals surface area contributed by atoms with Crippen molar-refractivity contribution < 1.29 is 5.11 Å². The quantitative estimate of drug-likeness (QED) is 0.794. The molecule has 0 aliphatic carbocycles. The molecule has 1 unspecified atom stereocenters. The van der Waals surface area contributed by atoms with Crippen LogP contribution in [0.5, 0.6) is 5.75 Å². The van der Waals surface area contributed by atoms with E-state index in [-0.39, 0.29) is 0 Å². The van der Waals surface area contributed by atoms with Crippen molar-refractivity contribution in [3.63, 3.8) is 0 Å². The lowest BCUT2D eigenvalue weighted by atomic mass is 9.94. The molecule has 3 heteroatoms. The van der Waals surface area contributed by atoms with E-state index in [1.165, 1.54) is 5.56 Å². The Morgan fingerprint density at radius 3 is 2.26 bits per heavy atom. The molecule has 100 valence electrons. The molecule has 1 nitrogen and oxygen atoms in total. The zero-order valence-electron chi connectivity index (χ0n) is 10.5. The number of hydrogen-bond donors (Lipinski definition) is 1. The van der Waals surface area contributed by atoms with Gasteiger partial charge in [-0.05, 0) is 54.2 Å². The van der Waals surface area contributed by atoms with Crippen LogP contribution in [0.2, 0.25) is 5.02 Å². The van der Waals surface area contributed by atoms with Crippen LogP contribution in [0.3, 0.4) is 0 Å². The molecule has 2 rings (SSSR count). The van der Waals surface area contributed by atoms with Crippen LogP contribution < -0.4 is 0 Å². The molecule has 0 fully saturated rings. The summed E-state index contributed by atoms with van der Waals surface area (Å²) in [6.45, 7) is 0. The van der Waals surface area contributed by atoms with Crippen molar-refractivity contribution in [1.82, 2.24) is 0 Å². The average Bonchev–Trinajstić information content (AvgIpc) is 2.40. The number of halogens is 2. The molecule has 1 atom stereocenters. The van der Waals surface area contributed by atoms with E-state index in [1.54, 1.807) is 12.1 Å². The van der Waals surface area contributed by atoms with Crippen molar-refractivity contribution in [1.29, 1.82) is 0 Å². The molecular weight excluding hydrogens is 279 g/mol. The van der Waals surface area contributed by atoms with Crippen LogP contribution in [0.25, 0.3) is 0 Å². The number of aromatic hydroxyl groups is 1. The first-order valence-electron chi connectivity index (χ1n) is 6.25. The normalized spacial score (nSPS) is 12.3.